The summed E-state index contributed by atoms with van der Waals surface area (Å²) in [4.78, 5) is 23.2. The predicted molar refractivity (Wildman–Crippen MR) is 93.7 cm³/mol. The van der Waals surface area contributed by atoms with Gasteiger partial charge in [-0.15, -0.1) is 10.2 Å². The Balaban J connectivity index is 1.96. The number of carbonyl (C=O) groups excluding carboxylic acids is 2. The number of imide groups is 1. The highest BCUT2D eigenvalue weighted by atomic mass is 32.2. The molecule has 0 saturated heterocycles. The fourth-order valence-electron chi connectivity index (χ4n) is 2.07. The molecule has 0 aliphatic rings. The summed E-state index contributed by atoms with van der Waals surface area (Å²) in [5.41, 5.74) is 2.11. The zero-order valence-corrected chi connectivity index (χ0v) is 14.8. The van der Waals surface area contributed by atoms with Crippen molar-refractivity contribution in [2.24, 2.45) is 7.05 Å². The summed E-state index contributed by atoms with van der Waals surface area (Å²) in [6.45, 7) is 4.49. The lowest BCUT2D eigenvalue weighted by molar-refractivity contribution is -0.117. The number of rotatable bonds is 6. The third-order valence-electron chi connectivity index (χ3n) is 3.34. The number of carbonyl (C=O) groups is 2. The average Bonchev–Trinajstić information content (AvgIpc) is 2.92. The molecule has 8 heteroatoms. The van der Waals surface area contributed by atoms with E-state index in [-0.39, 0.29) is 11.7 Å². The molecule has 128 valence electrons. The van der Waals surface area contributed by atoms with Gasteiger partial charge < -0.3 is 9.88 Å². The van der Waals surface area contributed by atoms with Crippen molar-refractivity contribution in [1.82, 2.24) is 25.4 Å². The van der Waals surface area contributed by atoms with Gasteiger partial charge in [0.05, 0.1) is 5.75 Å². The molecule has 1 heterocycles. The largest absolute Gasteiger partial charge is 0.338 e. The van der Waals surface area contributed by atoms with Crippen LogP contribution in [0.3, 0.4) is 0 Å². The number of thioether (sulfide) groups is 1. The lowest BCUT2D eigenvalue weighted by Crippen LogP contribution is -2.40. The molecule has 7 nitrogen and oxygen atoms in total. The van der Waals surface area contributed by atoms with E-state index >= 15 is 0 Å². The van der Waals surface area contributed by atoms with Crippen molar-refractivity contribution < 1.29 is 9.59 Å². The average molecular weight is 347 g/mol. The zero-order valence-electron chi connectivity index (χ0n) is 14.0. The summed E-state index contributed by atoms with van der Waals surface area (Å²) in [6.07, 6.45) is 0.816. The molecule has 0 aliphatic heterocycles. The third-order valence-corrected chi connectivity index (χ3v) is 4.36. The molecule has 1 aromatic heterocycles. The standard InChI is InChI=1S/C16H21N5O2S/c1-4-9-17-15(23)18-13(22)10-24-16-20-19-14(21(16)3)12-8-6-5-7-11(12)2/h5-8H,4,9-10H2,1-3H3,(H2,17,18,22,23). The number of hydrogen-bond acceptors (Lipinski definition) is 5. The van der Waals surface area contributed by atoms with E-state index in [1.165, 1.54) is 11.8 Å². The van der Waals surface area contributed by atoms with Gasteiger partial charge in [-0.3, -0.25) is 10.1 Å². The topological polar surface area (TPSA) is 88.9 Å². The Morgan fingerprint density at radius 3 is 2.71 bits per heavy atom. The van der Waals surface area contributed by atoms with E-state index in [9.17, 15) is 9.59 Å². The van der Waals surface area contributed by atoms with E-state index in [1.54, 1.807) is 0 Å². The molecule has 2 N–H and O–H groups in total. The Bertz CT molecular complexity index is 729. The summed E-state index contributed by atoms with van der Waals surface area (Å²) in [5, 5.41) is 13.8. The number of benzene rings is 1. The van der Waals surface area contributed by atoms with Gasteiger partial charge in [0, 0.05) is 19.2 Å². The summed E-state index contributed by atoms with van der Waals surface area (Å²) < 4.78 is 1.84. The smallest absolute Gasteiger partial charge is 0.321 e. The molecule has 0 fully saturated rings. The molecule has 0 bridgehead atoms. The molecule has 2 rings (SSSR count). The predicted octanol–water partition coefficient (Wildman–Crippen LogP) is 2.12. The lowest BCUT2D eigenvalue weighted by Gasteiger charge is -2.07. The van der Waals surface area contributed by atoms with E-state index in [0.29, 0.717) is 11.7 Å². The maximum Gasteiger partial charge on any atom is 0.321 e. The monoisotopic (exact) mass is 347 g/mol. The molecule has 2 aromatic rings. The molecule has 0 saturated carbocycles. The molecule has 3 amide bonds. The maximum atomic E-state index is 11.8. The minimum absolute atomic E-state index is 0.0965. The molecule has 0 spiro atoms. The minimum Gasteiger partial charge on any atom is -0.338 e. The number of urea groups is 1. The van der Waals surface area contributed by atoms with Gasteiger partial charge in [-0.05, 0) is 18.9 Å². The van der Waals surface area contributed by atoms with Gasteiger partial charge in [0.15, 0.2) is 11.0 Å². The number of amides is 3. The van der Waals surface area contributed by atoms with Crippen molar-refractivity contribution >= 4 is 23.7 Å². The van der Waals surface area contributed by atoms with E-state index in [1.807, 2.05) is 49.7 Å². The number of aromatic nitrogens is 3. The zero-order chi connectivity index (χ0) is 17.5. The number of nitrogens with one attached hydrogen (secondary N) is 2. The van der Waals surface area contributed by atoms with Gasteiger partial charge in [0.25, 0.3) is 0 Å². The summed E-state index contributed by atoms with van der Waals surface area (Å²) in [5.74, 6) is 0.477. The normalized spacial score (nSPS) is 10.5. The van der Waals surface area contributed by atoms with E-state index < -0.39 is 6.03 Å². The number of aryl methyl sites for hydroxylation is 1. The van der Waals surface area contributed by atoms with Crippen LogP contribution in [-0.4, -0.2) is 39.0 Å². The molecule has 0 unspecified atom stereocenters. The highest BCUT2D eigenvalue weighted by Crippen LogP contribution is 2.24. The Labute approximate surface area is 145 Å². The van der Waals surface area contributed by atoms with Crippen LogP contribution in [0.15, 0.2) is 29.4 Å². The van der Waals surface area contributed by atoms with Gasteiger partial charge in [-0.1, -0.05) is 43.0 Å². The highest BCUT2D eigenvalue weighted by molar-refractivity contribution is 7.99. The summed E-state index contributed by atoms with van der Waals surface area (Å²) >= 11 is 1.24. The Hall–Kier alpha value is -2.35. The van der Waals surface area contributed by atoms with Crippen molar-refractivity contribution in [2.45, 2.75) is 25.4 Å². The number of hydrogen-bond donors (Lipinski definition) is 2. The van der Waals surface area contributed by atoms with E-state index in [0.717, 1.165) is 23.4 Å². The van der Waals surface area contributed by atoms with Gasteiger partial charge in [0.1, 0.15) is 0 Å². The van der Waals surface area contributed by atoms with Crippen LogP contribution in [0.5, 0.6) is 0 Å². The quantitative estimate of drug-likeness (QED) is 0.781. The van der Waals surface area contributed by atoms with Crippen LogP contribution in [0.25, 0.3) is 11.4 Å². The second-order valence-electron chi connectivity index (χ2n) is 5.27. The van der Waals surface area contributed by atoms with E-state index in [4.69, 9.17) is 0 Å². The van der Waals surface area contributed by atoms with Gasteiger partial charge in [-0.2, -0.15) is 0 Å². The fraction of sp³-hybridized carbons (Fsp3) is 0.375. The van der Waals surface area contributed by atoms with Crippen molar-refractivity contribution in [1.29, 1.82) is 0 Å². The van der Waals surface area contributed by atoms with Crippen LogP contribution in [0.2, 0.25) is 0 Å². The lowest BCUT2D eigenvalue weighted by atomic mass is 10.1. The SMILES string of the molecule is CCCNC(=O)NC(=O)CSc1nnc(-c2ccccc2C)n1C. The van der Waals surface area contributed by atoms with Crippen molar-refractivity contribution in [3.05, 3.63) is 29.8 Å². The fourth-order valence-corrected chi connectivity index (χ4v) is 2.79. The summed E-state index contributed by atoms with van der Waals surface area (Å²) in [7, 11) is 1.86. The molecule has 0 radical (unpaired) electrons. The molecular formula is C16H21N5O2S. The van der Waals surface area contributed by atoms with Crippen molar-refractivity contribution in [3.8, 4) is 11.4 Å². The maximum absolute atomic E-state index is 11.8. The van der Waals surface area contributed by atoms with Crippen LogP contribution in [0, 0.1) is 6.92 Å². The highest BCUT2D eigenvalue weighted by Gasteiger charge is 2.15. The van der Waals surface area contributed by atoms with Crippen LogP contribution >= 0.6 is 11.8 Å². The van der Waals surface area contributed by atoms with Crippen LogP contribution in [0.1, 0.15) is 18.9 Å². The number of nitrogens with zero attached hydrogens (tertiary/aromatic N) is 3. The summed E-state index contributed by atoms with van der Waals surface area (Å²) in [6, 6.07) is 7.45. The minimum atomic E-state index is -0.471. The van der Waals surface area contributed by atoms with Crippen molar-refractivity contribution in [3.63, 3.8) is 0 Å². The molecule has 1 aromatic carbocycles. The Morgan fingerprint density at radius 2 is 2.00 bits per heavy atom. The molecule has 0 aliphatic carbocycles. The van der Waals surface area contributed by atoms with Gasteiger partial charge in [0.2, 0.25) is 5.91 Å². The van der Waals surface area contributed by atoms with Crippen LogP contribution < -0.4 is 10.6 Å². The third kappa shape index (κ3) is 4.58. The van der Waals surface area contributed by atoms with Crippen LogP contribution in [0.4, 0.5) is 4.79 Å². The van der Waals surface area contributed by atoms with Gasteiger partial charge >= 0.3 is 6.03 Å². The second kappa shape index (κ2) is 8.49. The first kappa shape index (κ1) is 18.0. The first-order valence-electron chi connectivity index (χ1n) is 7.68. The first-order valence-corrected chi connectivity index (χ1v) is 8.67. The van der Waals surface area contributed by atoms with Gasteiger partial charge in [-0.25, -0.2) is 4.79 Å². The Kier molecular flexibility index (Phi) is 6.36. The molecular weight excluding hydrogens is 326 g/mol. The van der Waals surface area contributed by atoms with Crippen molar-refractivity contribution in [2.75, 3.05) is 12.3 Å². The molecule has 0 atom stereocenters. The van der Waals surface area contributed by atoms with E-state index in [2.05, 4.69) is 20.8 Å². The first-order chi connectivity index (χ1) is 11.5. The second-order valence-corrected chi connectivity index (χ2v) is 6.22. The Morgan fingerprint density at radius 1 is 1.25 bits per heavy atom. The molecule has 24 heavy (non-hydrogen) atoms. The van der Waals surface area contributed by atoms with Crippen LogP contribution in [-0.2, 0) is 11.8 Å².